The van der Waals surface area contributed by atoms with Crippen molar-refractivity contribution >= 4 is 5.69 Å². The Bertz CT molecular complexity index is 1030. The predicted molar refractivity (Wildman–Crippen MR) is 131 cm³/mol. The Morgan fingerprint density at radius 1 is 0.690 bits per heavy atom. The van der Waals surface area contributed by atoms with E-state index in [4.69, 9.17) is 28.4 Å². The maximum absolute atomic E-state index is 10.9. The molecule has 18 heteroatoms. The summed E-state index contributed by atoms with van der Waals surface area (Å²) in [4.78, 5) is 10.2. The Morgan fingerprint density at radius 3 is 1.83 bits per heavy atom. The van der Waals surface area contributed by atoms with Gasteiger partial charge in [0, 0.05) is 12.1 Å². The summed E-state index contributed by atoms with van der Waals surface area (Å²) in [6.45, 7) is -0.212. The molecule has 4 rings (SSSR count). The van der Waals surface area contributed by atoms with Crippen LogP contribution in [0.5, 0.6) is 5.75 Å². The smallest absolute Gasteiger partial charge is 0.269 e. The molecule has 1 aromatic carbocycles. The third-order valence-electron chi connectivity index (χ3n) is 7.34. The maximum atomic E-state index is 10.9. The van der Waals surface area contributed by atoms with E-state index in [1.807, 2.05) is 0 Å². The van der Waals surface area contributed by atoms with Crippen molar-refractivity contribution in [3.8, 4) is 5.75 Å². The summed E-state index contributed by atoms with van der Waals surface area (Å²) in [5, 5.41) is 104. The van der Waals surface area contributed by atoms with Crippen LogP contribution in [0.25, 0.3) is 0 Å². The molecule has 3 aliphatic heterocycles. The van der Waals surface area contributed by atoms with Crippen molar-refractivity contribution in [3.63, 3.8) is 0 Å². The van der Waals surface area contributed by atoms with Crippen molar-refractivity contribution in [2.24, 2.45) is 0 Å². The number of benzene rings is 1. The lowest BCUT2D eigenvalue weighted by molar-refractivity contribution is -0.385. The number of nitro benzene ring substituents is 1. The molecule has 0 unspecified atom stereocenters. The van der Waals surface area contributed by atoms with Crippen LogP contribution in [0.3, 0.4) is 0 Å². The molecule has 42 heavy (non-hydrogen) atoms. The summed E-state index contributed by atoms with van der Waals surface area (Å²) in [7, 11) is 0. The number of nitrogens with zero attached hydrogens (tertiary/aromatic N) is 1. The van der Waals surface area contributed by atoms with Crippen molar-refractivity contribution in [2.75, 3.05) is 13.2 Å². The van der Waals surface area contributed by atoms with E-state index < -0.39 is 110 Å². The van der Waals surface area contributed by atoms with Gasteiger partial charge in [0.2, 0.25) is 6.29 Å². The SMILES string of the molecule is C[C@@H]1O[C@@H](O[C@H]2[C@H](O[C@H]3[C@H](O)[C@@H](O)[C@H](Oc4ccc([N+](=O)[O-])cc4)O[C@@H]3CO)O[C@H](CO)[C@H](O)[C@@H]2O)[C@@H](O)[C@H](O)[C@@H]1O. The second kappa shape index (κ2) is 13.7. The van der Waals surface area contributed by atoms with Gasteiger partial charge in [-0.15, -0.1) is 0 Å². The highest BCUT2D eigenvalue weighted by Crippen LogP contribution is 2.33. The lowest BCUT2D eigenvalue weighted by Gasteiger charge is -2.48. The zero-order valence-corrected chi connectivity index (χ0v) is 22.1. The van der Waals surface area contributed by atoms with E-state index in [0.29, 0.717) is 0 Å². The number of hydrogen-bond donors (Lipinski definition) is 9. The molecule has 0 amide bonds. The molecule has 3 saturated heterocycles. The summed E-state index contributed by atoms with van der Waals surface area (Å²) < 4.78 is 33.4. The van der Waals surface area contributed by atoms with Crippen LogP contribution >= 0.6 is 0 Å². The summed E-state index contributed by atoms with van der Waals surface area (Å²) in [6.07, 6.45) is -24.4. The monoisotopic (exact) mass is 609 g/mol. The van der Waals surface area contributed by atoms with Crippen molar-refractivity contribution < 1.29 is 79.3 Å². The molecule has 0 radical (unpaired) electrons. The Hall–Kier alpha value is -2.14. The van der Waals surface area contributed by atoms with Crippen molar-refractivity contribution in [1.82, 2.24) is 0 Å². The minimum atomic E-state index is -1.85. The lowest BCUT2D eigenvalue weighted by atomic mass is 9.96. The Balaban J connectivity index is 1.51. The number of aliphatic hydroxyl groups excluding tert-OH is 9. The number of aliphatic hydroxyl groups is 9. The van der Waals surface area contributed by atoms with Gasteiger partial charge in [-0.1, -0.05) is 0 Å². The molecule has 1 aromatic rings. The van der Waals surface area contributed by atoms with Crippen LogP contribution in [0, 0.1) is 10.1 Å². The first-order valence-electron chi connectivity index (χ1n) is 13.0. The molecule has 3 heterocycles. The van der Waals surface area contributed by atoms with E-state index in [1.54, 1.807) is 0 Å². The van der Waals surface area contributed by atoms with Crippen molar-refractivity contribution in [3.05, 3.63) is 34.4 Å². The third kappa shape index (κ3) is 6.66. The van der Waals surface area contributed by atoms with Crippen LogP contribution in [0.15, 0.2) is 24.3 Å². The van der Waals surface area contributed by atoms with Crippen LogP contribution < -0.4 is 4.74 Å². The fraction of sp³-hybridized carbons (Fsp3) is 0.750. The largest absolute Gasteiger partial charge is 0.462 e. The van der Waals surface area contributed by atoms with Gasteiger partial charge >= 0.3 is 0 Å². The maximum Gasteiger partial charge on any atom is 0.269 e. The molecule has 15 atom stereocenters. The first-order chi connectivity index (χ1) is 19.9. The van der Waals surface area contributed by atoms with E-state index in [2.05, 4.69) is 0 Å². The normalized spacial score (nSPS) is 44.5. The third-order valence-corrected chi connectivity index (χ3v) is 7.34. The minimum absolute atomic E-state index is 0.0347. The lowest BCUT2D eigenvalue weighted by Crippen LogP contribution is -2.67. The molecule has 3 fully saturated rings. The quantitative estimate of drug-likeness (QED) is 0.0941. The molecule has 0 saturated carbocycles. The fourth-order valence-corrected chi connectivity index (χ4v) is 4.84. The van der Waals surface area contributed by atoms with Gasteiger partial charge in [-0.25, -0.2) is 0 Å². The number of non-ortho nitro benzene ring substituents is 1. The fourth-order valence-electron chi connectivity index (χ4n) is 4.84. The molecule has 0 aliphatic carbocycles. The summed E-state index contributed by atoms with van der Waals surface area (Å²) in [6, 6.07) is 4.74. The predicted octanol–water partition coefficient (Wildman–Crippen LogP) is -4.55. The van der Waals surface area contributed by atoms with Crippen LogP contribution in [0.4, 0.5) is 5.69 Å². The number of ether oxygens (including phenoxy) is 6. The molecule has 3 aliphatic rings. The highest BCUT2D eigenvalue weighted by atomic mass is 16.8. The van der Waals surface area contributed by atoms with Gasteiger partial charge in [-0.3, -0.25) is 10.1 Å². The summed E-state index contributed by atoms with van der Waals surface area (Å²) in [5.74, 6) is 0.0347. The number of rotatable bonds is 9. The van der Waals surface area contributed by atoms with E-state index in [9.17, 15) is 56.1 Å². The summed E-state index contributed by atoms with van der Waals surface area (Å²) in [5.41, 5.74) is -0.224. The Labute approximate surface area is 237 Å². The topological polar surface area (TPSA) is 281 Å². The highest BCUT2D eigenvalue weighted by molar-refractivity contribution is 5.36. The number of nitro groups is 1. The molecular formula is C24H35NO17. The van der Waals surface area contributed by atoms with Gasteiger partial charge < -0.3 is 74.4 Å². The van der Waals surface area contributed by atoms with E-state index in [1.165, 1.54) is 19.1 Å². The van der Waals surface area contributed by atoms with Crippen LogP contribution in [0.1, 0.15) is 6.92 Å². The van der Waals surface area contributed by atoms with Crippen LogP contribution in [0.2, 0.25) is 0 Å². The zero-order valence-electron chi connectivity index (χ0n) is 22.1. The molecule has 9 N–H and O–H groups in total. The van der Waals surface area contributed by atoms with Gasteiger partial charge in [0.05, 0.1) is 24.2 Å². The van der Waals surface area contributed by atoms with Gasteiger partial charge in [-0.2, -0.15) is 0 Å². The molecule has 0 spiro atoms. The average Bonchev–Trinajstić information content (AvgIpc) is 2.97. The van der Waals surface area contributed by atoms with Gasteiger partial charge in [0.25, 0.3) is 5.69 Å². The van der Waals surface area contributed by atoms with Crippen molar-refractivity contribution in [2.45, 2.75) is 99.0 Å². The highest BCUT2D eigenvalue weighted by Gasteiger charge is 2.53. The standard InChI is InChI=1S/C24H35NO17/c1-8-13(28)15(30)18(33)22(37-8)42-21-16(31)14(29)11(6-26)39-24(21)41-20-12(7-27)40-23(19(34)17(20)32)38-10-4-2-9(3-5-10)25(35)36/h2-5,8,11-24,26-34H,6-7H2,1H3/t8-,11+,12+,13+,14-,15+,16-,17+,18-,19+,20+,21+,22-,23+,24-/m0/s1. The second-order valence-corrected chi connectivity index (χ2v) is 10.2. The number of hydrogen-bond acceptors (Lipinski definition) is 17. The Morgan fingerprint density at radius 2 is 1.24 bits per heavy atom. The molecule has 0 aromatic heterocycles. The van der Waals surface area contributed by atoms with Crippen LogP contribution in [-0.2, 0) is 23.7 Å². The van der Waals surface area contributed by atoms with E-state index >= 15 is 0 Å². The average molecular weight is 610 g/mol. The summed E-state index contributed by atoms with van der Waals surface area (Å²) >= 11 is 0. The van der Waals surface area contributed by atoms with E-state index in [0.717, 1.165) is 12.1 Å². The van der Waals surface area contributed by atoms with Gasteiger partial charge in [0.15, 0.2) is 12.6 Å². The Kier molecular flexibility index (Phi) is 10.7. The first kappa shape index (κ1) is 32.8. The molecule has 18 nitrogen and oxygen atoms in total. The molecule has 0 bridgehead atoms. The van der Waals surface area contributed by atoms with E-state index in [-0.39, 0.29) is 11.4 Å². The van der Waals surface area contributed by atoms with Gasteiger partial charge in [-0.05, 0) is 19.1 Å². The van der Waals surface area contributed by atoms with Crippen molar-refractivity contribution in [1.29, 1.82) is 0 Å². The zero-order chi connectivity index (χ0) is 30.9. The molecular weight excluding hydrogens is 574 g/mol. The minimum Gasteiger partial charge on any atom is -0.462 e. The molecule has 238 valence electrons. The van der Waals surface area contributed by atoms with Gasteiger partial charge in [0.1, 0.15) is 72.9 Å². The van der Waals surface area contributed by atoms with Crippen LogP contribution in [-0.4, -0.2) is 156 Å². The first-order valence-corrected chi connectivity index (χ1v) is 13.0. The second-order valence-electron chi connectivity index (χ2n) is 10.2.